The van der Waals surface area contributed by atoms with Gasteiger partial charge in [-0.05, 0) is 42.5 Å². The van der Waals surface area contributed by atoms with Crippen LogP contribution in [0.1, 0.15) is 31.2 Å². The van der Waals surface area contributed by atoms with Crippen LogP contribution in [0, 0.1) is 11.3 Å². The number of halogens is 1. The second kappa shape index (κ2) is 3.61. The number of rotatable bonds is 1. The van der Waals surface area contributed by atoms with Gasteiger partial charge in [-0.25, -0.2) is 0 Å². The zero-order valence-corrected chi connectivity index (χ0v) is 8.38. The van der Waals surface area contributed by atoms with Crippen LogP contribution in [0.5, 0.6) is 0 Å². The summed E-state index contributed by atoms with van der Waals surface area (Å²) in [5, 5.41) is 9.52. The Kier molecular flexibility index (Phi) is 2.13. The van der Waals surface area contributed by atoms with Crippen LogP contribution >= 0.6 is 11.6 Å². The highest BCUT2D eigenvalue weighted by molar-refractivity contribution is 6.30. The van der Waals surface area contributed by atoms with Crippen molar-refractivity contribution in [3.63, 3.8) is 0 Å². The number of hydrogen-bond donors (Lipinski definition) is 1. The highest BCUT2D eigenvalue weighted by Gasteiger charge is 2.29. The van der Waals surface area contributed by atoms with E-state index in [4.69, 9.17) is 24.0 Å². The van der Waals surface area contributed by atoms with Crippen LogP contribution in [0.2, 0.25) is 5.02 Å². The van der Waals surface area contributed by atoms with Crippen LogP contribution in [-0.2, 0) is 0 Å². The van der Waals surface area contributed by atoms with Crippen molar-refractivity contribution in [3.05, 3.63) is 34.3 Å². The van der Waals surface area contributed by atoms with E-state index in [1.165, 1.54) is 0 Å². The summed E-state index contributed by atoms with van der Waals surface area (Å²) in [4.78, 5) is 0. The second-order valence-corrected chi connectivity index (χ2v) is 4.01. The molecule has 0 radical (unpaired) electrons. The Morgan fingerprint density at radius 2 is 2.29 bits per heavy atom. The van der Waals surface area contributed by atoms with E-state index < -0.39 is 5.89 Å². The SMILES string of the molecule is [2H]C1(c2cc(Cl)ccc2C#N)CC(N)C1. The summed E-state index contributed by atoms with van der Waals surface area (Å²) in [5.41, 5.74) is 6.92. The molecule has 0 aliphatic heterocycles. The predicted octanol–water partition coefficient (Wildman–Crippen LogP) is 2.42. The number of nitrogens with two attached hydrogens (primary N) is 1. The van der Waals surface area contributed by atoms with Crippen molar-refractivity contribution in [3.8, 4) is 6.07 Å². The summed E-state index contributed by atoms with van der Waals surface area (Å²) >= 11 is 5.87. The van der Waals surface area contributed by atoms with Crippen molar-refractivity contribution in [2.24, 2.45) is 5.73 Å². The minimum Gasteiger partial charge on any atom is -0.328 e. The lowest BCUT2D eigenvalue weighted by Gasteiger charge is -2.33. The Hall–Kier alpha value is -1.04. The van der Waals surface area contributed by atoms with Gasteiger partial charge in [0.05, 0.1) is 11.6 Å². The lowest BCUT2D eigenvalue weighted by atomic mass is 9.75. The van der Waals surface area contributed by atoms with Crippen LogP contribution in [0.15, 0.2) is 18.2 Å². The summed E-state index contributed by atoms with van der Waals surface area (Å²) in [6.07, 6.45) is 1.20. The van der Waals surface area contributed by atoms with Crippen LogP contribution in [-0.4, -0.2) is 6.04 Å². The maximum absolute atomic E-state index is 8.95. The molecule has 1 aromatic carbocycles. The van der Waals surface area contributed by atoms with Crippen LogP contribution in [0.25, 0.3) is 0 Å². The number of hydrogen-bond acceptors (Lipinski definition) is 2. The van der Waals surface area contributed by atoms with E-state index in [0.717, 1.165) is 0 Å². The maximum Gasteiger partial charge on any atom is 0.0994 e. The summed E-state index contributed by atoms with van der Waals surface area (Å²) < 4.78 is 8.18. The summed E-state index contributed by atoms with van der Waals surface area (Å²) in [6, 6.07) is 7.21. The van der Waals surface area contributed by atoms with Gasteiger partial charge < -0.3 is 5.73 Å². The van der Waals surface area contributed by atoms with Crippen LogP contribution in [0.3, 0.4) is 0 Å². The van der Waals surface area contributed by atoms with Crippen molar-refractivity contribution < 1.29 is 1.37 Å². The van der Waals surface area contributed by atoms with E-state index in [9.17, 15) is 0 Å². The molecule has 2 rings (SSSR count). The smallest absolute Gasteiger partial charge is 0.0994 e. The molecule has 0 unspecified atom stereocenters. The van der Waals surface area contributed by atoms with E-state index in [1.54, 1.807) is 18.2 Å². The summed E-state index contributed by atoms with van der Waals surface area (Å²) in [5.74, 6) is -0.713. The van der Waals surface area contributed by atoms with Crippen molar-refractivity contribution in [2.75, 3.05) is 0 Å². The third-order valence-electron chi connectivity index (χ3n) is 2.50. The molecule has 0 bridgehead atoms. The first-order chi connectivity index (χ1) is 7.05. The maximum atomic E-state index is 8.95. The van der Waals surface area contributed by atoms with E-state index in [-0.39, 0.29) is 6.04 Å². The Labute approximate surface area is 89.7 Å². The molecule has 72 valence electrons. The fourth-order valence-electron chi connectivity index (χ4n) is 1.70. The molecule has 0 atom stereocenters. The first kappa shape index (κ1) is 8.28. The Morgan fingerprint density at radius 1 is 1.57 bits per heavy atom. The fourth-order valence-corrected chi connectivity index (χ4v) is 1.87. The minimum absolute atomic E-state index is 0.0769. The first-order valence-electron chi connectivity index (χ1n) is 5.01. The van der Waals surface area contributed by atoms with Gasteiger partial charge in [-0.2, -0.15) is 5.26 Å². The minimum atomic E-state index is -0.713. The first-order valence-corrected chi connectivity index (χ1v) is 4.89. The Bertz CT molecular complexity index is 433. The standard InChI is InChI=1S/C11H11ClN2/c12-9-2-1-7(6-13)11(5-9)8-3-10(14)4-8/h1-2,5,8,10H,3-4,14H2/i8D. The molecule has 1 fully saturated rings. The highest BCUT2D eigenvalue weighted by atomic mass is 35.5. The van der Waals surface area contributed by atoms with E-state index in [2.05, 4.69) is 6.07 Å². The van der Waals surface area contributed by atoms with Crippen molar-refractivity contribution >= 4 is 11.6 Å². The molecule has 2 N–H and O–H groups in total. The average Bonchev–Trinajstić information content (AvgIpc) is 2.15. The third-order valence-corrected chi connectivity index (χ3v) is 2.74. The van der Waals surface area contributed by atoms with E-state index in [0.29, 0.717) is 29.0 Å². The molecule has 0 heterocycles. The summed E-state index contributed by atoms with van der Waals surface area (Å²) in [6.45, 7) is 0. The Morgan fingerprint density at radius 3 is 2.86 bits per heavy atom. The zero-order chi connectivity index (χ0) is 11.1. The van der Waals surface area contributed by atoms with Crippen LogP contribution < -0.4 is 5.73 Å². The topological polar surface area (TPSA) is 49.8 Å². The van der Waals surface area contributed by atoms with Crippen molar-refractivity contribution in [2.45, 2.75) is 24.8 Å². The third kappa shape index (κ3) is 1.61. The molecule has 1 aromatic rings. The molecule has 1 aliphatic rings. The molecule has 0 spiro atoms. The second-order valence-electron chi connectivity index (χ2n) is 3.57. The molecule has 0 saturated heterocycles. The lowest BCUT2D eigenvalue weighted by Crippen LogP contribution is -2.35. The van der Waals surface area contributed by atoms with Gasteiger partial charge in [-0.3, -0.25) is 0 Å². The van der Waals surface area contributed by atoms with Gasteiger partial charge in [0.15, 0.2) is 0 Å². The molecular weight excluding hydrogens is 196 g/mol. The Balaban J connectivity index is 2.44. The molecule has 1 saturated carbocycles. The zero-order valence-electron chi connectivity index (χ0n) is 8.63. The van der Waals surface area contributed by atoms with Gasteiger partial charge in [-0.15, -0.1) is 0 Å². The van der Waals surface area contributed by atoms with Crippen molar-refractivity contribution in [1.29, 1.82) is 5.26 Å². The highest BCUT2D eigenvalue weighted by Crippen LogP contribution is 2.38. The molecule has 3 heteroatoms. The summed E-state index contributed by atoms with van der Waals surface area (Å²) in [7, 11) is 0. The normalized spacial score (nSPS) is 31.5. The number of nitrogens with zero attached hydrogens (tertiary/aromatic N) is 1. The fraction of sp³-hybridized carbons (Fsp3) is 0.364. The van der Waals surface area contributed by atoms with Gasteiger partial charge in [0.2, 0.25) is 0 Å². The van der Waals surface area contributed by atoms with E-state index in [1.807, 2.05) is 0 Å². The molecule has 14 heavy (non-hydrogen) atoms. The van der Waals surface area contributed by atoms with E-state index >= 15 is 0 Å². The quantitative estimate of drug-likeness (QED) is 0.769. The largest absolute Gasteiger partial charge is 0.328 e. The van der Waals surface area contributed by atoms with Gasteiger partial charge in [0.25, 0.3) is 0 Å². The molecular formula is C11H11ClN2. The van der Waals surface area contributed by atoms with Crippen molar-refractivity contribution in [1.82, 2.24) is 0 Å². The molecule has 1 aliphatic carbocycles. The lowest BCUT2D eigenvalue weighted by molar-refractivity contribution is 0.351. The van der Waals surface area contributed by atoms with Gasteiger partial charge in [0, 0.05) is 12.4 Å². The molecule has 2 nitrogen and oxygen atoms in total. The van der Waals surface area contributed by atoms with Crippen LogP contribution in [0.4, 0.5) is 0 Å². The number of nitriles is 1. The number of benzene rings is 1. The monoisotopic (exact) mass is 207 g/mol. The predicted molar refractivity (Wildman–Crippen MR) is 56.1 cm³/mol. The van der Waals surface area contributed by atoms with Gasteiger partial charge in [-0.1, -0.05) is 11.6 Å². The average molecular weight is 208 g/mol. The molecule has 0 aromatic heterocycles. The van der Waals surface area contributed by atoms with Gasteiger partial charge >= 0.3 is 0 Å². The molecule has 0 amide bonds. The van der Waals surface area contributed by atoms with Gasteiger partial charge in [0.1, 0.15) is 0 Å².